The molecule has 2 rings (SSSR count). The van der Waals surface area contributed by atoms with Gasteiger partial charge >= 0.3 is 0 Å². The molecular weight excluding hydrogens is 286 g/mol. The van der Waals surface area contributed by atoms with E-state index < -0.39 is 10.0 Å². The Kier molecular flexibility index (Phi) is 5.24. The maximum atomic E-state index is 11.8. The lowest BCUT2D eigenvalue weighted by atomic mass is 10.0. The number of benzene rings is 1. The Bertz CT molecular complexity index is 566. The Morgan fingerprint density at radius 3 is 2.52 bits per heavy atom. The van der Waals surface area contributed by atoms with E-state index in [2.05, 4.69) is 11.0 Å². The van der Waals surface area contributed by atoms with Crippen molar-refractivity contribution in [1.29, 1.82) is 0 Å². The average molecular weight is 311 g/mol. The van der Waals surface area contributed by atoms with E-state index in [1.54, 1.807) is 4.31 Å². The molecule has 0 aromatic heterocycles. The van der Waals surface area contributed by atoms with Crippen molar-refractivity contribution in [3.63, 3.8) is 0 Å². The third-order valence-corrected chi connectivity index (χ3v) is 5.47. The largest absolute Gasteiger partial charge is 0.399 e. The Balaban J connectivity index is 1.91. The number of nitrogen functional groups attached to an aromatic ring is 1. The molecule has 1 aromatic carbocycles. The Hall–Kier alpha value is -1.11. The fraction of sp³-hybridized carbons (Fsp3) is 0.600. The molecule has 0 saturated carbocycles. The number of hydrogen-bond acceptors (Lipinski definition) is 4. The number of piperidine rings is 1. The molecule has 1 saturated heterocycles. The van der Waals surface area contributed by atoms with E-state index in [-0.39, 0.29) is 6.04 Å². The molecule has 1 aromatic rings. The van der Waals surface area contributed by atoms with Crippen molar-refractivity contribution in [2.24, 2.45) is 0 Å². The van der Waals surface area contributed by atoms with Gasteiger partial charge in [0.25, 0.3) is 0 Å². The predicted octanol–water partition coefficient (Wildman–Crippen LogP) is 1.51. The number of nitrogens with two attached hydrogens (primary N) is 1. The van der Waals surface area contributed by atoms with Crippen LogP contribution in [0.1, 0.15) is 25.3 Å². The van der Waals surface area contributed by atoms with Gasteiger partial charge in [0.05, 0.1) is 6.26 Å². The summed E-state index contributed by atoms with van der Waals surface area (Å²) in [7, 11) is -3.10. The number of sulfonamides is 1. The first-order chi connectivity index (χ1) is 9.90. The molecule has 0 spiro atoms. The predicted molar refractivity (Wildman–Crippen MR) is 86.4 cm³/mol. The summed E-state index contributed by atoms with van der Waals surface area (Å²) >= 11 is 0. The summed E-state index contributed by atoms with van der Waals surface area (Å²) in [4.78, 5) is 2.36. The molecule has 1 aliphatic rings. The molecule has 118 valence electrons. The number of rotatable bonds is 5. The van der Waals surface area contributed by atoms with Crippen LogP contribution in [0.5, 0.6) is 0 Å². The van der Waals surface area contributed by atoms with Gasteiger partial charge in [-0.2, -0.15) is 4.31 Å². The van der Waals surface area contributed by atoms with Crippen molar-refractivity contribution in [1.82, 2.24) is 9.21 Å². The molecule has 1 fully saturated rings. The molecule has 1 aliphatic heterocycles. The van der Waals surface area contributed by atoms with E-state index in [0.717, 1.165) is 38.2 Å². The van der Waals surface area contributed by atoms with Gasteiger partial charge in [-0.15, -0.1) is 0 Å². The van der Waals surface area contributed by atoms with Crippen LogP contribution in [0.15, 0.2) is 24.3 Å². The normalized spacial score (nSPS) is 18.2. The van der Waals surface area contributed by atoms with E-state index >= 15 is 0 Å². The number of likely N-dealkylation sites (tertiary alicyclic amines) is 1. The quantitative estimate of drug-likeness (QED) is 0.837. The summed E-state index contributed by atoms with van der Waals surface area (Å²) < 4.78 is 25.2. The lowest BCUT2D eigenvalue weighted by Crippen LogP contribution is -2.46. The third kappa shape index (κ3) is 4.43. The third-order valence-electron chi connectivity index (χ3n) is 4.06. The first-order valence-corrected chi connectivity index (χ1v) is 9.28. The molecule has 0 atom stereocenters. The van der Waals surface area contributed by atoms with Gasteiger partial charge in [-0.05, 0) is 30.5 Å². The highest BCUT2D eigenvalue weighted by Gasteiger charge is 2.28. The van der Waals surface area contributed by atoms with E-state index in [1.165, 1.54) is 11.8 Å². The minimum Gasteiger partial charge on any atom is -0.399 e. The fourth-order valence-electron chi connectivity index (χ4n) is 3.08. The first kappa shape index (κ1) is 16.3. The number of nitrogens with zero attached hydrogens (tertiary/aromatic N) is 2. The highest BCUT2D eigenvalue weighted by atomic mass is 32.2. The number of hydrogen-bond donors (Lipinski definition) is 1. The minimum atomic E-state index is -3.10. The molecule has 5 nitrogen and oxygen atoms in total. The van der Waals surface area contributed by atoms with Gasteiger partial charge in [0.15, 0.2) is 0 Å². The summed E-state index contributed by atoms with van der Waals surface area (Å²) in [6.45, 7) is 5.18. The summed E-state index contributed by atoms with van der Waals surface area (Å²) in [5.74, 6) is 0. The fourth-order valence-corrected chi connectivity index (χ4v) is 4.30. The van der Waals surface area contributed by atoms with Crippen LogP contribution < -0.4 is 5.73 Å². The molecular formula is C15H25N3O2S. The van der Waals surface area contributed by atoms with Gasteiger partial charge in [-0.3, -0.25) is 4.90 Å². The van der Waals surface area contributed by atoms with Crippen LogP contribution >= 0.6 is 0 Å². The summed E-state index contributed by atoms with van der Waals surface area (Å²) in [5.41, 5.74) is 7.80. The van der Waals surface area contributed by atoms with Crippen LogP contribution in [0.2, 0.25) is 0 Å². The van der Waals surface area contributed by atoms with Gasteiger partial charge in [0.2, 0.25) is 10.0 Å². The maximum Gasteiger partial charge on any atom is 0.211 e. The van der Waals surface area contributed by atoms with Gasteiger partial charge in [0, 0.05) is 37.9 Å². The van der Waals surface area contributed by atoms with Crippen LogP contribution in [0.25, 0.3) is 0 Å². The Labute approximate surface area is 127 Å². The Morgan fingerprint density at radius 2 is 2.00 bits per heavy atom. The van der Waals surface area contributed by atoms with Crippen LogP contribution in [0.4, 0.5) is 5.69 Å². The zero-order chi connectivity index (χ0) is 15.5. The van der Waals surface area contributed by atoms with Crippen LogP contribution in [0.3, 0.4) is 0 Å². The lowest BCUT2D eigenvalue weighted by molar-refractivity contribution is 0.156. The van der Waals surface area contributed by atoms with Gasteiger partial charge in [0.1, 0.15) is 0 Å². The molecule has 0 aliphatic carbocycles. The van der Waals surface area contributed by atoms with Crippen molar-refractivity contribution in [3.8, 4) is 0 Å². The topological polar surface area (TPSA) is 66.6 Å². The zero-order valence-corrected chi connectivity index (χ0v) is 13.6. The van der Waals surface area contributed by atoms with Crippen LogP contribution in [-0.4, -0.2) is 49.6 Å². The summed E-state index contributed by atoms with van der Waals surface area (Å²) in [6.07, 6.45) is 3.09. The molecule has 0 unspecified atom stereocenters. The first-order valence-electron chi connectivity index (χ1n) is 7.43. The summed E-state index contributed by atoms with van der Waals surface area (Å²) in [5, 5.41) is 0. The zero-order valence-electron chi connectivity index (χ0n) is 12.8. The average Bonchev–Trinajstić information content (AvgIpc) is 2.40. The lowest BCUT2D eigenvalue weighted by Gasteiger charge is -2.36. The SMILES string of the molecule is CCN(C1CCN(Cc2cccc(N)c2)CC1)S(C)(=O)=O. The van der Waals surface area contributed by atoms with E-state index in [1.807, 2.05) is 25.1 Å². The summed E-state index contributed by atoms with van der Waals surface area (Å²) in [6, 6.07) is 8.08. The molecule has 0 bridgehead atoms. The van der Waals surface area contributed by atoms with Gasteiger partial charge in [-0.1, -0.05) is 19.1 Å². The molecule has 0 amide bonds. The second-order valence-corrected chi connectivity index (χ2v) is 7.65. The second kappa shape index (κ2) is 6.77. The highest BCUT2D eigenvalue weighted by Crippen LogP contribution is 2.20. The van der Waals surface area contributed by atoms with E-state index in [0.29, 0.717) is 6.54 Å². The van der Waals surface area contributed by atoms with E-state index in [9.17, 15) is 8.42 Å². The molecule has 2 N–H and O–H groups in total. The molecule has 1 heterocycles. The smallest absolute Gasteiger partial charge is 0.211 e. The van der Waals surface area contributed by atoms with Crippen LogP contribution in [0, 0.1) is 0 Å². The maximum absolute atomic E-state index is 11.8. The van der Waals surface area contributed by atoms with Crippen molar-refractivity contribution in [3.05, 3.63) is 29.8 Å². The van der Waals surface area contributed by atoms with Crippen molar-refractivity contribution in [2.45, 2.75) is 32.4 Å². The van der Waals surface area contributed by atoms with Crippen LogP contribution in [-0.2, 0) is 16.6 Å². The minimum absolute atomic E-state index is 0.141. The Morgan fingerprint density at radius 1 is 1.33 bits per heavy atom. The van der Waals surface area contributed by atoms with Crippen molar-refractivity contribution in [2.75, 3.05) is 31.6 Å². The van der Waals surface area contributed by atoms with Gasteiger partial charge < -0.3 is 5.73 Å². The van der Waals surface area contributed by atoms with E-state index in [4.69, 9.17) is 5.73 Å². The monoisotopic (exact) mass is 311 g/mol. The molecule has 21 heavy (non-hydrogen) atoms. The van der Waals surface area contributed by atoms with Crippen molar-refractivity contribution >= 4 is 15.7 Å². The van der Waals surface area contributed by atoms with Gasteiger partial charge in [-0.25, -0.2) is 8.42 Å². The number of anilines is 1. The highest BCUT2D eigenvalue weighted by molar-refractivity contribution is 7.88. The molecule has 6 heteroatoms. The molecule has 0 radical (unpaired) electrons. The standard InChI is InChI=1S/C15H25N3O2S/c1-3-18(21(2,19)20)15-7-9-17(10-8-15)12-13-5-4-6-14(16)11-13/h4-6,11,15H,3,7-10,12,16H2,1-2H3. The second-order valence-electron chi connectivity index (χ2n) is 5.72. The van der Waals surface area contributed by atoms with Crippen molar-refractivity contribution < 1.29 is 8.42 Å².